The van der Waals surface area contributed by atoms with Crippen LogP contribution in [0.2, 0.25) is 5.02 Å². The predicted molar refractivity (Wildman–Crippen MR) is 109 cm³/mol. The van der Waals surface area contributed by atoms with E-state index in [1.807, 2.05) is 34.3 Å². The SMILES string of the molecule is O=S(=O)(NCc1ccc(Cl)cc1)c1cn(C2CCCC2)nc1-c1cccs1. The van der Waals surface area contributed by atoms with Crippen LogP contribution in [0.15, 0.2) is 52.9 Å². The second-order valence-corrected chi connectivity index (χ2v) is 9.81. The molecule has 1 fully saturated rings. The number of thiophene rings is 1. The molecule has 0 radical (unpaired) electrons. The highest BCUT2D eigenvalue weighted by atomic mass is 35.5. The molecule has 0 unspecified atom stereocenters. The first-order valence-electron chi connectivity index (χ1n) is 8.90. The third kappa shape index (κ3) is 4.11. The molecule has 142 valence electrons. The van der Waals surface area contributed by atoms with Crippen molar-refractivity contribution in [3.05, 3.63) is 58.6 Å². The second-order valence-electron chi connectivity index (χ2n) is 6.69. The lowest BCUT2D eigenvalue weighted by molar-refractivity contribution is 0.467. The first-order chi connectivity index (χ1) is 13.0. The fraction of sp³-hybridized carbons (Fsp3) is 0.316. The molecular formula is C19H20ClN3O2S2. The summed E-state index contributed by atoms with van der Waals surface area (Å²) < 4.78 is 30.6. The summed E-state index contributed by atoms with van der Waals surface area (Å²) in [6.45, 7) is 0.206. The smallest absolute Gasteiger partial charge is 0.244 e. The first kappa shape index (κ1) is 18.7. The number of hydrogen-bond donors (Lipinski definition) is 1. The lowest BCUT2D eigenvalue weighted by atomic mass is 10.2. The van der Waals surface area contributed by atoms with E-state index in [0.717, 1.165) is 36.1 Å². The number of nitrogens with one attached hydrogen (secondary N) is 1. The standard InChI is InChI=1S/C19H20ClN3O2S2/c20-15-9-7-14(8-10-15)12-21-27(24,25)18-13-23(16-4-1-2-5-16)22-19(18)17-6-3-11-26-17/h3,6-11,13,16,21H,1-2,4-5,12H2. The molecule has 1 aromatic carbocycles. The minimum Gasteiger partial charge on any atom is -0.268 e. The van der Waals surface area contributed by atoms with Gasteiger partial charge in [-0.3, -0.25) is 4.68 Å². The quantitative estimate of drug-likeness (QED) is 0.618. The van der Waals surface area contributed by atoms with E-state index in [9.17, 15) is 8.42 Å². The Kier molecular flexibility index (Phi) is 5.36. The minimum atomic E-state index is -3.69. The van der Waals surface area contributed by atoms with E-state index in [1.165, 1.54) is 11.3 Å². The molecule has 1 N–H and O–H groups in total. The summed E-state index contributed by atoms with van der Waals surface area (Å²) in [7, 11) is -3.69. The van der Waals surface area contributed by atoms with Crippen LogP contribution < -0.4 is 4.72 Å². The van der Waals surface area contributed by atoms with Crippen LogP contribution in [0.5, 0.6) is 0 Å². The Morgan fingerprint density at radius 2 is 1.93 bits per heavy atom. The highest BCUT2D eigenvalue weighted by Gasteiger charge is 2.27. The maximum atomic E-state index is 13.0. The summed E-state index contributed by atoms with van der Waals surface area (Å²) in [5.41, 5.74) is 1.38. The van der Waals surface area contributed by atoms with Gasteiger partial charge in [0.05, 0.1) is 10.9 Å². The molecule has 5 nitrogen and oxygen atoms in total. The topological polar surface area (TPSA) is 64.0 Å². The van der Waals surface area contributed by atoms with Crippen LogP contribution in [0.3, 0.4) is 0 Å². The van der Waals surface area contributed by atoms with Crippen molar-refractivity contribution < 1.29 is 8.42 Å². The van der Waals surface area contributed by atoms with Crippen LogP contribution in [-0.2, 0) is 16.6 Å². The molecule has 4 rings (SSSR count). The molecule has 3 aromatic rings. The molecule has 0 spiro atoms. The van der Waals surface area contributed by atoms with Gasteiger partial charge < -0.3 is 0 Å². The molecule has 0 atom stereocenters. The van der Waals surface area contributed by atoms with Gasteiger partial charge in [0.1, 0.15) is 10.6 Å². The summed E-state index contributed by atoms with van der Waals surface area (Å²) in [5, 5.41) is 7.21. The highest BCUT2D eigenvalue weighted by Crippen LogP contribution is 2.34. The van der Waals surface area contributed by atoms with E-state index in [4.69, 9.17) is 11.6 Å². The summed E-state index contributed by atoms with van der Waals surface area (Å²) in [4.78, 5) is 1.10. The van der Waals surface area contributed by atoms with Gasteiger partial charge in [-0.25, -0.2) is 13.1 Å². The number of halogens is 1. The second kappa shape index (κ2) is 7.75. The van der Waals surface area contributed by atoms with Crippen LogP contribution in [0, 0.1) is 0 Å². The molecule has 0 saturated heterocycles. The van der Waals surface area contributed by atoms with Gasteiger partial charge >= 0.3 is 0 Å². The van der Waals surface area contributed by atoms with Gasteiger partial charge in [-0.05, 0) is 42.0 Å². The Balaban J connectivity index is 1.64. The number of aromatic nitrogens is 2. The summed E-state index contributed by atoms with van der Waals surface area (Å²) in [5.74, 6) is 0. The molecule has 0 bridgehead atoms. The fourth-order valence-electron chi connectivity index (χ4n) is 3.37. The molecule has 8 heteroatoms. The molecule has 1 aliphatic rings. The van der Waals surface area contributed by atoms with Gasteiger partial charge in [0.2, 0.25) is 10.0 Å². The van der Waals surface area contributed by atoms with E-state index in [-0.39, 0.29) is 17.5 Å². The molecule has 2 aromatic heterocycles. The fourth-order valence-corrected chi connectivity index (χ4v) is 5.45. The van der Waals surface area contributed by atoms with Crippen LogP contribution in [-0.4, -0.2) is 18.2 Å². The number of rotatable bonds is 6. The van der Waals surface area contributed by atoms with Crippen molar-refractivity contribution in [1.82, 2.24) is 14.5 Å². The highest BCUT2D eigenvalue weighted by molar-refractivity contribution is 7.89. The van der Waals surface area contributed by atoms with Crippen LogP contribution in [0.4, 0.5) is 0 Å². The summed E-state index contributed by atoms with van der Waals surface area (Å²) in [6.07, 6.45) is 6.10. The van der Waals surface area contributed by atoms with Crippen molar-refractivity contribution in [2.24, 2.45) is 0 Å². The molecule has 27 heavy (non-hydrogen) atoms. The number of hydrogen-bond acceptors (Lipinski definition) is 4. The zero-order valence-corrected chi connectivity index (χ0v) is 17.0. The summed E-state index contributed by atoms with van der Waals surface area (Å²) >= 11 is 7.39. The average molecular weight is 422 g/mol. The van der Waals surface area contributed by atoms with Crippen molar-refractivity contribution >= 4 is 33.0 Å². The zero-order valence-electron chi connectivity index (χ0n) is 14.6. The molecule has 1 saturated carbocycles. The Labute approximate surface area is 168 Å². The third-order valence-electron chi connectivity index (χ3n) is 4.82. The van der Waals surface area contributed by atoms with Crippen molar-refractivity contribution in [2.75, 3.05) is 0 Å². The zero-order chi connectivity index (χ0) is 18.9. The van der Waals surface area contributed by atoms with Gasteiger partial charge in [-0.15, -0.1) is 11.3 Å². The van der Waals surface area contributed by atoms with Gasteiger partial charge in [-0.2, -0.15) is 5.10 Å². The molecule has 2 heterocycles. The lowest BCUT2D eigenvalue weighted by Crippen LogP contribution is -2.23. The van der Waals surface area contributed by atoms with Crippen molar-refractivity contribution in [1.29, 1.82) is 0 Å². The number of sulfonamides is 1. The van der Waals surface area contributed by atoms with Gasteiger partial charge in [0.15, 0.2) is 0 Å². The minimum absolute atomic E-state index is 0.206. The summed E-state index contributed by atoms with van der Waals surface area (Å²) in [6, 6.07) is 11.2. The van der Waals surface area contributed by atoms with Crippen LogP contribution >= 0.6 is 22.9 Å². The van der Waals surface area contributed by atoms with Crippen molar-refractivity contribution in [2.45, 2.75) is 43.2 Å². The van der Waals surface area contributed by atoms with Gasteiger partial charge in [0.25, 0.3) is 0 Å². The molecular weight excluding hydrogens is 402 g/mol. The van der Waals surface area contributed by atoms with Crippen molar-refractivity contribution in [3.63, 3.8) is 0 Å². The predicted octanol–water partition coefficient (Wildman–Crippen LogP) is 4.86. The third-order valence-corrected chi connectivity index (χ3v) is 7.35. The Bertz CT molecular complexity index is 1010. The lowest BCUT2D eigenvalue weighted by Gasteiger charge is -2.08. The van der Waals surface area contributed by atoms with Gasteiger partial charge in [0, 0.05) is 17.8 Å². The number of benzene rings is 1. The van der Waals surface area contributed by atoms with E-state index in [2.05, 4.69) is 9.82 Å². The average Bonchev–Trinajstić information content (AvgIpc) is 3.41. The van der Waals surface area contributed by atoms with E-state index in [0.29, 0.717) is 10.7 Å². The van der Waals surface area contributed by atoms with Gasteiger partial charge in [-0.1, -0.05) is 42.6 Å². The Morgan fingerprint density at radius 1 is 1.19 bits per heavy atom. The largest absolute Gasteiger partial charge is 0.268 e. The number of nitrogens with zero attached hydrogens (tertiary/aromatic N) is 2. The van der Waals surface area contributed by atoms with Crippen LogP contribution in [0.1, 0.15) is 37.3 Å². The maximum Gasteiger partial charge on any atom is 0.244 e. The maximum absolute atomic E-state index is 13.0. The Hall–Kier alpha value is -1.67. The molecule has 1 aliphatic carbocycles. The molecule has 0 amide bonds. The normalized spacial score (nSPS) is 15.4. The first-order valence-corrected chi connectivity index (χ1v) is 11.6. The Morgan fingerprint density at radius 3 is 2.59 bits per heavy atom. The monoisotopic (exact) mass is 421 g/mol. The van der Waals surface area contributed by atoms with E-state index < -0.39 is 10.0 Å². The van der Waals surface area contributed by atoms with E-state index in [1.54, 1.807) is 18.3 Å². The van der Waals surface area contributed by atoms with E-state index >= 15 is 0 Å². The molecule has 0 aliphatic heterocycles. The van der Waals surface area contributed by atoms with Crippen LogP contribution in [0.25, 0.3) is 10.6 Å². The van der Waals surface area contributed by atoms with Crippen molar-refractivity contribution in [3.8, 4) is 10.6 Å².